The quantitative estimate of drug-likeness (QED) is 0.0204. The zero-order valence-electron chi connectivity index (χ0n) is 46.1. The maximum absolute atomic E-state index is 13.2. The van der Waals surface area contributed by atoms with Gasteiger partial charge in [-0.2, -0.15) is 0 Å². The third-order valence-electron chi connectivity index (χ3n) is 14.9. The number of allylic oxidation sites excluding steroid dienone is 3. The van der Waals surface area contributed by atoms with Gasteiger partial charge in [-0.1, -0.05) is 237 Å². The molecule has 0 radical (unpaired) electrons. The molecular weight excluding hydrogens is 931 g/mol. The van der Waals surface area contributed by atoms with E-state index in [0.717, 1.165) is 32.1 Å². The minimum atomic E-state index is -1.79. The molecule has 2 heterocycles. The van der Waals surface area contributed by atoms with E-state index in [9.17, 15) is 45.6 Å². The van der Waals surface area contributed by atoms with Crippen molar-refractivity contribution in [2.45, 2.75) is 325 Å². The van der Waals surface area contributed by atoms with Crippen molar-refractivity contribution in [3.05, 3.63) is 24.3 Å². The average Bonchev–Trinajstić information content (AvgIpc) is 3.39. The number of rotatable bonds is 48. The standard InChI is InChI=1S/C59H111NO13/c1-3-5-7-9-11-13-15-16-17-18-19-20-21-22-23-24-25-26-27-28-29-30-31-33-34-36-38-40-42-48(63)47(60-51(64)43-41-39-37-35-32-14-12-10-8-6-4-2)46-70-58-56(69)54(67)57(50(45-62)72-58)73-59-55(68)53(66)52(65)49(44-61)71-59/h33-34,40,42,47-50,52-59,61-63,65-69H,3-32,35-39,41,43-46H2,1-2H3,(H,60,64)/b34-33+,42-40+. The third-order valence-corrected chi connectivity index (χ3v) is 14.9. The molecule has 0 aromatic heterocycles. The van der Waals surface area contributed by atoms with Crippen molar-refractivity contribution in [1.29, 1.82) is 0 Å². The molecule has 12 unspecified atom stereocenters. The number of hydrogen-bond donors (Lipinski definition) is 9. The summed E-state index contributed by atoms with van der Waals surface area (Å²) in [4.78, 5) is 13.2. The second-order valence-electron chi connectivity index (χ2n) is 21.5. The van der Waals surface area contributed by atoms with Crippen molar-refractivity contribution in [3.8, 4) is 0 Å². The van der Waals surface area contributed by atoms with E-state index in [0.29, 0.717) is 12.8 Å². The minimum Gasteiger partial charge on any atom is -0.394 e. The summed E-state index contributed by atoms with van der Waals surface area (Å²) in [6, 6.07) is -0.926. The number of amides is 1. The highest BCUT2D eigenvalue weighted by Gasteiger charge is 2.51. The molecule has 0 saturated carbocycles. The summed E-state index contributed by atoms with van der Waals surface area (Å²) < 4.78 is 22.7. The Balaban J connectivity index is 1.71. The predicted octanol–water partition coefficient (Wildman–Crippen LogP) is 10.1. The molecule has 2 rings (SSSR count). The summed E-state index contributed by atoms with van der Waals surface area (Å²) in [5.41, 5.74) is 0. The van der Waals surface area contributed by atoms with Gasteiger partial charge >= 0.3 is 0 Å². The van der Waals surface area contributed by atoms with Crippen LogP contribution in [0, 0.1) is 0 Å². The van der Waals surface area contributed by atoms with Crippen molar-refractivity contribution in [2.75, 3.05) is 19.8 Å². The van der Waals surface area contributed by atoms with E-state index < -0.39 is 86.8 Å². The fourth-order valence-electron chi connectivity index (χ4n) is 10.0. The maximum atomic E-state index is 13.2. The van der Waals surface area contributed by atoms with Crippen LogP contribution in [0.2, 0.25) is 0 Å². The van der Waals surface area contributed by atoms with Gasteiger partial charge in [0.1, 0.15) is 48.8 Å². The van der Waals surface area contributed by atoms with E-state index in [1.807, 2.05) is 6.08 Å². The Morgan fingerprint density at radius 1 is 0.479 bits per heavy atom. The number of hydrogen-bond acceptors (Lipinski definition) is 13. The van der Waals surface area contributed by atoms with Gasteiger partial charge in [-0.15, -0.1) is 0 Å². The molecular formula is C59H111NO13. The Morgan fingerprint density at radius 3 is 1.34 bits per heavy atom. The molecule has 2 saturated heterocycles. The molecule has 0 spiro atoms. The molecule has 73 heavy (non-hydrogen) atoms. The Hall–Kier alpha value is -1.53. The van der Waals surface area contributed by atoms with Crippen molar-refractivity contribution < 1.29 is 64.6 Å². The predicted molar refractivity (Wildman–Crippen MR) is 291 cm³/mol. The van der Waals surface area contributed by atoms with Crippen molar-refractivity contribution in [1.82, 2.24) is 5.32 Å². The molecule has 0 bridgehead atoms. The lowest BCUT2D eigenvalue weighted by molar-refractivity contribution is -0.359. The molecule has 430 valence electrons. The monoisotopic (exact) mass is 1040 g/mol. The summed E-state index contributed by atoms with van der Waals surface area (Å²) in [6.07, 6.45) is 36.8. The van der Waals surface area contributed by atoms with Gasteiger partial charge in [-0.25, -0.2) is 0 Å². The molecule has 2 aliphatic rings. The second kappa shape index (κ2) is 45.5. The molecule has 14 nitrogen and oxygen atoms in total. The highest BCUT2D eigenvalue weighted by Crippen LogP contribution is 2.30. The Kier molecular flexibility index (Phi) is 42.1. The van der Waals surface area contributed by atoms with Crippen LogP contribution in [0.1, 0.15) is 251 Å². The van der Waals surface area contributed by atoms with E-state index in [-0.39, 0.29) is 18.9 Å². The molecule has 14 heteroatoms. The largest absolute Gasteiger partial charge is 0.394 e. The number of aliphatic hydroxyl groups excluding tert-OH is 8. The lowest BCUT2D eigenvalue weighted by Crippen LogP contribution is -2.65. The van der Waals surface area contributed by atoms with E-state index in [2.05, 4.69) is 31.3 Å². The van der Waals surface area contributed by atoms with E-state index in [4.69, 9.17) is 18.9 Å². The zero-order chi connectivity index (χ0) is 53.2. The maximum Gasteiger partial charge on any atom is 0.220 e. The number of carbonyl (C=O) groups excluding carboxylic acids is 1. The minimum absolute atomic E-state index is 0.248. The number of carbonyl (C=O) groups is 1. The number of unbranched alkanes of at least 4 members (excludes halogenated alkanes) is 33. The van der Waals surface area contributed by atoms with Gasteiger partial charge in [0.15, 0.2) is 12.6 Å². The first kappa shape index (κ1) is 67.6. The molecule has 1 amide bonds. The third kappa shape index (κ3) is 31.5. The number of ether oxygens (including phenoxy) is 4. The van der Waals surface area contributed by atoms with Crippen LogP contribution in [0.3, 0.4) is 0 Å². The molecule has 0 aromatic rings. The van der Waals surface area contributed by atoms with Crippen LogP contribution in [0.5, 0.6) is 0 Å². The highest BCUT2D eigenvalue weighted by molar-refractivity contribution is 5.76. The molecule has 0 aromatic carbocycles. The van der Waals surface area contributed by atoms with Crippen LogP contribution in [-0.2, 0) is 23.7 Å². The Bertz CT molecular complexity index is 1320. The van der Waals surface area contributed by atoms with Gasteiger partial charge in [0.05, 0.1) is 32.0 Å². The Labute approximate surface area is 443 Å². The second-order valence-corrected chi connectivity index (χ2v) is 21.5. The summed E-state index contributed by atoms with van der Waals surface area (Å²) in [7, 11) is 0. The Morgan fingerprint density at radius 2 is 0.877 bits per heavy atom. The van der Waals surface area contributed by atoms with E-state index in [1.54, 1.807) is 6.08 Å². The van der Waals surface area contributed by atoms with Crippen LogP contribution in [0.4, 0.5) is 0 Å². The van der Waals surface area contributed by atoms with Crippen LogP contribution in [-0.4, -0.2) is 140 Å². The van der Waals surface area contributed by atoms with Crippen molar-refractivity contribution >= 4 is 5.91 Å². The number of aliphatic hydroxyl groups is 8. The molecule has 2 aliphatic heterocycles. The summed E-state index contributed by atoms with van der Waals surface area (Å²) in [5.74, 6) is -0.248. The average molecular weight is 1040 g/mol. The van der Waals surface area contributed by atoms with Gasteiger partial charge in [0, 0.05) is 6.42 Å². The first-order valence-corrected chi connectivity index (χ1v) is 30.1. The molecule has 12 atom stereocenters. The summed E-state index contributed by atoms with van der Waals surface area (Å²) >= 11 is 0. The fraction of sp³-hybridized carbons (Fsp3) is 0.915. The topological polar surface area (TPSA) is 228 Å². The highest BCUT2D eigenvalue weighted by atomic mass is 16.7. The van der Waals surface area contributed by atoms with E-state index in [1.165, 1.54) is 186 Å². The summed E-state index contributed by atoms with van der Waals surface area (Å²) in [6.45, 7) is 2.78. The van der Waals surface area contributed by atoms with Crippen molar-refractivity contribution in [3.63, 3.8) is 0 Å². The molecule has 9 N–H and O–H groups in total. The lowest BCUT2D eigenvalue weighted by atomic mass is 9.97. The smallest absolute Gasteiger partial charge is 0.220 e. The van der Waals surface area contributed by atoms with Crippen LogP contribution < -0.4 is 5.32 Å². The van der Waals surface area contributed by atoms with Crippen molar-refractivity contribution in [2.24, 2.45) is 0 Å². The van der Waals surface area contributed by atoms with Crippen LogP contribution in [0.25, 0.3) is 0 Å². The first-order chi connectivity index (χ1) is 35.6. The normalized spacial score (nSPS) is 25.5. The number of nitrogens with one attached hydrogen (secondary N) is 1. The lowest BCUT2D eigenvalue weighted by Gasteiger charge is -2.46. The molecule has 0 aliphatic carbocycles. The van der Waals surface area contributed by atoms with Gasteiger partial charge in [-0.3, -0.25) is 4.79 Å². The van der Waals surface area contributed by atoms with Gasteiger partial charge in [-0.05, 0) is 32.1 Å². The van der Waals surface area contributed by atoms with E-state index >= 15 is 0 Å². The van der Waals surface area contributed by atoms with Gasteiger partial charge < -0.3 is 65.1 Å². The summed E-state index contributed by atoms with van der Waals surface area (Å²) in [5, 5.41) is 86.9. The van der Waals surface area contributed by atoms with Crippen LogP contribution >= 0.6 is 0 Å². The SMILES string of the molecule is CCCCCCCCCCCCCCCCCCCCCCCC/C=C/CC/C=C/C(O)C(COC1OC(CO)C(OC2OC(CO)C(O)C(O)C2O)C(O)C1O)NC(=O)CCCCCCCCCCCCC. The molecule has 2 fully saturated rings. The van der Waals surface area contributed by atoms with Crippen LogP contribution in [0.15, 0.2) is 24.3 Å². The zero-order valence-corrected chi connectivity index (χ0v) is 46.1. The first-order valence-electron chi connectivity index (χ1n) is 30.1. The van der Waals surface area contributed by atoms with Gasteiger partial charge in [0.2, 0.25) is 5.91 Å². The fourth-order valence-corrected chi connectivity index (χ4v) is 10.0. The van der Waals surface area contributed by atoms with Gasteiger partial charge in [0.25, 0.3) is 0 Å².